The van der Waals surface area contributed by atoms with E-state index in [2.05, 4.69) is 16.9 Å². The van der Waals surface area contributed by atoms with Crippen LogP contribution in [0.1, 0.15) is 57.5 Å². The van der Waals surface area contributed by atoms with E-state index in [-0.39, 0.29) is 6.09 Å². The predicted octanol–water partition coefficient (Wildman–Crippen LogP) is 2.98. The number of aromatic nitrogens is 2. The van der Waals surface area contributed by atoms with Gasteiger partial charge >= 0.3 is 6.09 Å². The van der Waals surface area contributed by atoms with Gasteiger partial charge in [-0.25, -0.2) is 4.79 Å². The van der Waals surface area contributed by atoms with Gasteiger partial charge in [0.1, 0.15) is 5.60 Å². The smallest absolute Gasteiger partial charge is 0.410 e. The van der Waals surface area contributed by atoms with E-state index in [1.807, 2.05) is 32.4 Å². The molecule has 0 atom stereocenters. The summed E-state index contributed by atoms with van der Waals surface area (Å²) >= 11 is 0. The normalized spacial score (nSPS) is 13.8. The molecule has 0 fully saturated rings. The highest BCUT2D eigenvalue weighted by Crippen LogP contribution is 2.23. The fraction of sp³-hybridized carbons (Fsp3) is 0.611. The molecular weight excluding hydrogens is 304 g/mol. The van der Waals surface area contributed by atoms with Crippen molar-refractivity contribution >= 4 is 12.3 Å². The van der Waals surface area contributed by atoms with E-state index in [0.29, 0.717) is 19.5 Å². The molecule has 6 heteroatoms. The van der Waals surface area contributed by atoms with Gasteiger partial charge in [-0.15, -0.1) is 11.8 Å². The van der Waals surface area contributed by atoms with Crippen molar-refractivity contribution in [3.63, 3.8) is 0 Å². The Morgan fingerprint density at radius 2 is 2.21 bits per heavy atom. The molecule has 1 amide bonds. The van der Waals surface area contributed by atoms with E-state index in [0.717, 1.165) is 36.3 Å². The van der Waals surface area contributed by atoms with Crippen LogP contribution in [0.5, 0.6) is 0 Å². The van der Waals surface area contributed by atoms with E-state index in [9.17, 15) is 4.79 Å². The molecule has 0 radical (unpaired) electrons. The summed E-state index contributed by atoms with van der Waals surface area (Å²) in [6.45, 7) is 9.20. The van der Waals surface area contributed by atoms with Gasteiger partial charge in [0, 0.05) is 37.7 Å². The quantitative estimate of drug-likeness (QED) is 0.524. The highest BCUT2D eigenvalue weighted by molar-refractivity contribution is 5.78. The van der Waals surface area contributed by atoms with Crippen molar-refractivity contribution in [2.24, 2.45) is 0 Å². The Balaban J connectivity index is 2.12. The molecule has 2 heterocycles. The molecule has 24 heavy (non-hydrogen) atoms. The lowest BCUT2D eigenvalue weighted by atomic mass is 10.1. The summed E-state index contributed by atoms with van der Waals surface area (Å²) in [5.74, 6) is 5.93. The Bertz CT molecular complexity index is 674. The van der Waals surface area contributed by atoms with Crippen LogP contribution in [0.2, 0.25) is 0 Å². The lowest BCUT2D eigenvalue weighted by Crippen LogP contribution is -2.40. The molecule has 0 unspecified atom stereocenters. The number of fused-ring (bicyclic) bond motifs is 1. The van der Waals surface area contributed by atoms with E-state index in [4.69, 9.17) is 10.1 Å². The standard InChI is InChI=1S/C18H26N4O2/c1-5-6-7-8-10-22-16(12-19)14-13-21(11-9-15(14)20-22)17(23)24-18(2,3)4/h12,19H,7-11,13H2,1-4H3. The van der Waals surface area contributed by atoms with Crippen LogP contribution < -0.4 is 0 Å². The number of hydrogen-bond donors (Lipinski definition) is 1. The molecule has 1 N–H and O–H groups in total. The van der Waals surface area contributed by atoms with E-state index < -0.39 is 5.60 Å². The molecule has 2 rings (SSSR count). The van der Waals surface area contributed by atoms with Gasteiger partial charge in [0.25, 0.3) is 0 Å². The number of rotatable bonds is 4. The van der Waals surface area contributed by atoms with Crippen molar-refractivity contribution in [3.8, 4) is 11.8 Å². The summed E-state index contributed by atoms with van der Waals surface area (Å²) in [6.07, 6.45) is 3.43. The molecule has 1 aromatic rings. The average Bonchev–Trinajstić information content (AvgIpc) is 2.86. The maximum atomic E-state index is 12.3. The highest BCUT2D eigenvalue weighted by atomic mass is 16.6. The van der Waals surface area contributed by atoms with Crippen molar-refractivity contribution in [1.82, 2.24) is 14.7 Å². The van der Waals surface area contributed by atoms with Crippen LogP contribution in [0.25, 0.3) is 0 Å². The Hall–Kier alpha value is -2.29. The number of aryl methyl sites for hydroxylation is 1. The van der Waals surface area contributed by atoms with Crippen LogP contribution in [0.4, 0.5) is 4.79 Å². The van der Waals surface area contributed by atoms with Gasteiger partial charge in [0.2, 0.25) is 0 Å². The van der Waals surface area contributed by atoms with Gasteiger partial charge < -0.3 is 15.0 Å². The molecule has 0 aliphatic carbocycles. The van der Waals surface area contributed by atoms with Crippen LogP contribution in [-0.4, -0.2) is 39.1 Å². The molecule has 0 bridgehead atoms. The van der Waals surface area contributed by atoms with Gasteiger partial charge in [-0.1, -0.05) is 0 Å². The largest absolute Gasteiger partial charge is 0.444 e. The Kier molecular flexibility index (Phi) is 5.66. The number of nitrogens with zero attached hydrogens (tertiary/aromatic N) is 3. The SMILES string of the molecule is CC#CCCCn1nc2c(c1C=N)CN(C(=O)OC(C)(C)C)CC2. The van der Waals surface area contributed by atoms with E-state index >= 15 is 0 Å². The topological polar surface area (TPSA) is 71.2 Å². The van der Waals surface area contributed by atoms with Crippen molar-refractivity contribution in [2.75, 3.05) is 6.54 Å². The van der Waals surface area contributed by atoms with Crippen molar-refractivity contribution in [1.29, 1.82) is 5.41 Å². The van der Waals surface area contributed by atoms with Crippen LogP contribution in [0, 0.1) is 17.3 Å². The molecule has 0 spiro atoms. The number of hydrogen-bond acceptors (Lipinski definition) is 4. The Morgan fingerprint density at radius 3 is 2.83 bits per heavy atom. The maximum absolute atomic E-state index is 12.3. The fourth-order valence-corrected chi connectivity index (χ4v) is 2.70. The zero-order valence-electron chi connectivity index (χ0n) is 15.0. The lowest BCUT2D eigenvalue weighted by molar-refractivity contribution is 0.0223. The van der Waals surface area contributed by atoms with Crippen molar-refractivity contribution < 1.29 is 9.53 Å². The molecule has 1 aliphatic heterocycles. The summed E-state index contributed by atoms with van der Waals surface area (Å²) in [7, 11) is 0. The highest BCUT2D eigenvalue weighted by Gasteiger charge is 2.29. The van der Waals surface area contributed by atoms with Gasteiger partial charge in [-0.3, -0.25) is 4.68 Å². The predicted molar refractivity (Wildman–Crippen MR) is 93.1 cm³/mol. The third-order valence-electron chi connectivity index (χ3n) is 3.78. The molecule has 0 aromatic carbocycles. The maximum Gasteiger partial charge on any atom is 0.410 e. The first-order valence-corrected chi connectivity index (χ1v) is 8.32. The summed E-state index contributed by atoms with van der Waals surface area (Å²) in [5, 5.41) is 12.4. The molecule has 1 aliphatic rings. The molecule has 130 valence electrons. The number of ether oxygens (including phenoxy) is 1. The second-order valence-corrected chi connectivity index (χ2v) is 6.86. The summed E-state index contributed by atoms with van der Waals surface area (Å²) in [5.41, 5.74) is 2.22. The molecule has 1 aromatic heterocycles. The fourth-order valence-electron chi connectivity index (χ4n) is 2.70. The van der Waals surface area contributed by atoms with Crippen LogP contribution >= 0.6 is 0 Å². The average molecular weight is 330 g/mol. The number of carbonyl (C=O) groups is 1. The number of nitrogens with one attached hydrogen (secondary N) is 1. The minimum atomic E-state index is -0.508. The summed E-state index contributed by atoms with van der Waals surface area (Å²) in [4.78, 5) is 14.0. The monoisotopic (exact) mass is 330 g/mol. The number of carbonyl (C=O) groups excluding carboxylic acids is 1. The first kappa shape index (κ1) is 18.1. The van der Waals surface area contributed by atoms with Crippen LogP contribution in [0.3, 0.4) is 0 Å². The first-order chi connectivity index (χ1) is 11.4. The lowest BCUT2D eigenvalue weighted by Gasteiger charge is -2.29. The second kappa shape index (κ2) is 7.52. The second-order valence-electron chi connectivity index (χ2n) is 6.86. The molecule has 0 saturated carbocycles. The van der Waals surface area contributed by atoms with Gasteiger partial charge in [-0.2, -0.15) is 5.10 Å². The van der Waals surface area contributed by atoms with Gasteiger partial charge in [-0.05, 0) is 34.1 Å². The zero-order valence-corrected chi connectivity index (χ0v) is 15.0. The number of unbranched alkanes of at least 4 members (excludes halogenated alkanes) is 1. The van der Waals surface area contributed by atoms with Crippen LogP contribution in [-0.2, 0) is 24.2 Å². The third-order valence-corrected chi connectivity index (χ3v) is 3.78. The summed E-state index contributed by atoms with van der Waals surface area (Å²) < 4.78 is 7.32. The van der Waals surface area contributed by atoms with E-state index in [1.165, 1.54) is 6.21 Å². The van der Waals surface area contributed by atoms with E-state index in [1.54, 1.807) is 4.90 Å². The Labute approximate surface area is 143 Å². The van der Waals surface area contributed by atoms with Crippen molar-refractivity contribution in [2.45, 2.75) is 65.6 Å². The first-order valence-electron chi connectivity index (χ1n) is 8.32. The van der Waals surface area contributed by atoms with Crippen molar-refractivity contribution in [3.05, 3.63) is 17.0 Å². The van der Waals surface area contributed by atoms with Gasteiger partial charge in [0.15, 0.2) is 0 Å². The molecule has 6 nitrogen and oxygen atoms in total. The Morgan fingerprint density at radius 1 is 1.46 bits per heavy atom. The third kappa shape index (κ3) is 4.38. The molecular formula is C18H26N4O2. The molecule has 0 saturated heterocycles. The zero-order chi connectivity index (χ0) is 17.7. The number of amides is 1. The minimum Gasteiger partial charge on any atom is -0.444 e. The van der Waals surface area contributed by atoms with Crippen LogP contribution in [0.15, 0.2) is 0 Å². The van der Waals surface area contributed by atoms with Gasteiger partial charge in [0.05, 0.1) is 17.9 Å². The summed E-state index contributed by atoms with van der Waals surface area (Å²) in [6, 6.07) is 0. The minimum absolute atomic E-state index is 0.310.